The summed E-state index contributed by atoms with van der Waals surface area (Å²) < 4.78 is 10.8. The van der Waals surface area contributed by atoms with Crippen molar-refractivity contribution in [2.24, 2.45) is 11.8 Å². The Labute approximate surface area is 175 Å². The van der Waals surface area contributed by atoms with E-state index in [2.05, 4.69) is 9.88 Å². The maximum absolute atomic E-state index is 11.6. The molecule has 2 fully saturated rings. The van der Waals surface area contributed by atoms with E-state index in [4.69, 9.17) is 21.1 Å². The molecule has 1 aliphatic heterocycles. The molecule has 6 nitrogen and oxygen atoms in total. The van der Waals surface area contributed by atoms with Crippen molar-refractivity contribution in [2.45, 2.75) is 32.0 Å². The first-order valence-electron chi connectivity index (χ1n) is 9.84. The van der Waals surface area contributed by atoms with Crippen molar-refractivity contribution in [3.63, 3.8) is 0 Å². The van der Waals surface area contributed by atoms with Crippen molar-refractivity contribution >= 4 is 23.4 Å². The fourth-order valence-corrected chi connectivity index (χ4v) is 4.73. The predicted molar refractivity (Wildman–Crippen MR) is 111 cm³/mol. The third-order valence-electron chi connectivity index (χ3n) is 5.96. The number of esters is 1. The Bertz CT molecular complexity index is 889. The van der Waals surface area contributed by atoms with Crippen molar-refractivity contribution in [1.82, 2.24) is 4.98 Å². The van der Waals surface area contributed by atoms with Gasteiger partial charge in [0.1, 0.15) is 17.7 Å². The summed E-state index contributed by atoms with van der Waals surface area (Å²) in [7, 11) is 1.35. The second kappa shape index (κ2) is 8.20. The maximum atomic E-state index is 11.6. The molecule has 2 aromatic rings. The molecule has 4 rings (SSSR count). The van der Waals surface area contributed by atoms with E-state index in [-0.39, 0.29) is 12.1 Å². The molecule has 0 amide bonds. The number of anilines is 1. The zero-order valence-corrected chi connectivity index (χ0v) is 17.3. The number of halogens is 1. The number of rotatable bonds is 4. The van der Waals surface area contributed by atoms with Crippen LogP contribution in [0.2, 0.25) is 5.02 Å². The maximum Gasteiger partial charge on any atom is 0.337 e. The van der Waals surface area contributed by atoms with Crippen LogP contribution in [0.25, 0.3) is 0 Å². The van der Waals surface area contributed by atoms with Crippen LogP contribution in [0, 0.1) is 18.8 Å². The topological polar surface area (TPSA) is 71.9 Å². The number of carbonyl (C=O) groups is 1. The van der Waals surface area contributed by atoms with Crippen molar-refractivity contribution in [2.75, 3.05) is 25.1 Å². The number of methoxy groups -OCH3 is 1. The highest BCUT2D eigenvalue weighted by atomic mass is 35.5. The van der Waals surface area contributed by atoms with Gasteiger partial charge in [-0.05, 0) is 67.5 Å². The average molecular weight is 417 g/mol. The van der Waals surface area contributed by atoms with Gasteiger partial charge < -0.3 is 19.5 Å². The van der Waals surface area contributed by atoms with Gasteiger partial charge in [-0.1, -0.05) is 11.6 Å². The third-order valence-corrected chi connectivity index (χ3v) is 6.17. The van der Waals surface area contributed by atoms with Crippen molar-refractivity contribution < 1.29 is 19.4 Å². The molecule has 29 heavy (non-hydrogen) atoms. The number of aryl methyl sites for hydroxylation is 1. The SMILES string of the molecule is COC(=O)c1ccc(O[C@@H]2C[C@@H]3CN(c4ncc(Cl)cc4C)C[C@@H]3C[C@H]2O)cc1. The highest BCUT2D eigenvalue weighted by Crippen LogP contribution is 2.40. The average Bonchev–Trinajstić information content (AvgIpc) is 3.10. The van der Waals surface area contributed by atoms with Gasteiger partial charge >= 0.3 is 5.97 Å². The molecule has 4 atom stereocenters. The van der Waals surface area contributed by atoms with Crippen molar-refractivity contribution in [1.29, 1.82) is 0 Å². The minimum Gasteiger partial charge on any atom is -0.488 e. The molecule has 0 spiro atoms. The van der Waals surface area contributed by atoms with E-state index in [0.717, 1.165) is 30.9 Å². The van der Waals surface area contributed by atoms with E-state index in [9.17, 15) is 9.90 Å². The lowest BCUT2D eigenvalue weighted by Crippen LogP contribution is -2.42. The van der Waals surface area contributed by atoms with Gasteiger partial charge in [0.2, 0.25) is 0 Å². The number of aliphatic hydroxyl groups excluding tert-OH is 1. The van der Waals surface area contributed by atoms with Gasteiger partial charge in [0.25, 0.3) is 0 Å². The molecule has 2 aliphatic rings. The first kappa shape index (κ1) is 20.0. The van der Waals surface area contributed by atoms with Gasteiger partial charge in [0.05, 0.1) is 23.8 Å². The zero-order valence-electron chi connectivity index (χ0n) is 16.5. The molecule has 1 saturated heterocycles. The summed E-state index contributed by atoms with van der Waals surface area (Å²) in [5.41, 5.74) is 1.54. The molecular formula is C22H25ClN2O4. The molecule has 1 N–H and O–H groups in total. The monoisotopic (exact) mass is 416 g/mol. The molecule has 0 unspecified atom stereocenters. The molecule has 1 aromatic carbocycles. The summed E-state index contributed by atoms with van der Waals surface area (Å²) in [6.07, 6.45) is 2.40. The van der Waals surface area contributed by atoms with E-state index < -0.39 is 6.10 Å². The van der Waals surface area contributed by atoms with Gasteiger partial charge in [0, 0.05) is 19.3 Å². The fraction of sp³-hybridized carbons (Fsp3) is 0.455. The largest absolute Gasteiger partial charge is 0.488 e. The van der Waals surface area contributed by atoms with Crippen LogP contribution in [0.15, 0.2) is 36.5 Å². The summed E-state index contributed by atoms with van der Waals surface area (Å²) in [4.78, 5) is 18.4. The minimum atomic E-state index is -0.518. The second-order valence-corrected chi connectivity index (χ2v) is 8.37. The Morgan fingerprint density at radius 2 is 1.90 bits per heavy atom. The first-order chi connectivity index (χ1) is 13.9. The number of nitrogens with zero attached hydrogens (tertiary/aromatic N) is 2. The number of hydrogen-bond donors (Lipinski definition) is 1. The molecule has 0 radical (unpaired) electrons. The van der Waals surface area contributed by atoms with Crippen LogP contribution in [0.4, 0.5) is 5.82 Å². The lowest BCUT2D eigenvalue weighted by molar-refractivity contribution is -0.0231. The van der Waals surface area contributed by atoms with Gasteiger partial charge in [-0.2, -0.15) is 0 Å². The van der Waals surface area contributed by atoms with E-state index in [1.54, 1.807) is 30.5 Å². The van der Waals surface area contributed by atoms with Gasteiger partial charge in [-0.15, -0.1) is 0 Å². The normalized spacial score (nSPS) is 26.1. The Hall–Kier alpha value is -2.31. The summed E-state index contributed by atoms with van der Waals surface area (Å²) in [6, 6.07) is 8.77. The summed E-state index contributed by atoms with van der Waals surface area (Å²) in [6.45, 7) is 3.81. The number of aliphatic hydroxyl groups is 1. The number of hydrogen-bond acceptors (Lipinski definition) is 6. The van der Waals surface area contributed by atoms with Gasteiger partial charge in [-0.25, -0.2) is 9.78 Å². The van der Waals surface area contributed by atoms with E-state index in [1.165, 1.54) is 7.11 Å². The summed E-state index contributed by atoms with van der Waals surface area (Å²) >= 11 is 6.04. The first-order valence-corrected chi connectivity index (χ1v) is 10.2. The summed E-state index contributed by atoms with van der Waals surface area (Å²) in [5, 5.41) is 11.3. The zero-order chi connectivity index (χ0) is 20.5. The van der Waals surface area contributed by atoms with Gasteiger partial charge in [-0.3, -0.25) is 0 Å². The van der Waals surface area contributed by atoms with Crippen LogP contribution in [0.1, 0.15) is 28.8 Å². The Kier molecular flexibility index (Phi) is 5.65. The van der Waals surface area contributed by atoms with Crippen molar-refractivity contribution in [3.8, 4) is 5.75 Å². The lowest BCUT2D eigenvalue weighted by atomic mass is 9.78. The van der Waals surface area contributed by atoms with E-state index in [0.29, 0.717) is 34.6 Å². The quantitative estimate of drug-likeness (QED) is 0.769. The fourth-order valence-electron chi connectivity index (χ4n) is 4.52. The number of benzene rings is 1. The van der Waals surface area contributed by atoms with E-state index in [1.807, 2.05) is 13.0 Å². The second-order valence-electron chi connectivity index (χ2n) is 7.93. The Morgan fingerprint density at radius 3 is 2.55 bits per heavy atom. The highest BCUT2D eigenvalue weighted by Gasteiger charge is 2.43. The smallest absolute Gasteiger partial charge is 0.337 e. The van der Waals surface area contributed by atoms with Gasteiger partial charge in [0.15, 0.2) is 0 Å². The van der Waals surface area contributed by atoms with Crippen LogP contribution >= 0.6 is 11.6 Å². The number of pyridine rings is 1. The standard InChI is InChI=1S/C22H25ClN2O4/c1-13-7-17(23)10-24-21(13)25-11-15-8-19(26)20(9-16(15)12-25)29-18-5-3-14(4-6-18)22(27)28-2/h3-7,10,15-16,19-20,26H,8-9,11-12H2,1-2H3/t15-,16+,19+,20+/m0/s1. The van der Waals surface area contributed by atoms with Crippen LogP contribution in [0.3, 0.4) is 0 Å². The molecule has 7 heteroatoms. The van der Waals surface area contributed by atoms with Crippen LogP contribution in [-0.4, -0.2) is 48.5 Å². The van der Waals surface area contributed by atoms with Crippen LogP contribution in [-0.2, 0) is 4.74 Å². The number of ether oxygens (including phenoxy) is 2. The number of fused-ring (bicyclic) bond motifs is 1. The highest BCUT2D eigenvalue weighted by molar-refractivity contribution is 6.30. The molecule has 1 saturated carbocycles. The summed E-state index contributed by atoms with van der Waals surface area (Å²) in [5.74, 6) is 2.09. The minimum absolute atomic E-state index is 0.264. The third kappa shape index (κ3) is 4.19. The predicted octanol–water partition coefficient (Wildman–Crippen LogP) is 3.48. The molecule has 0 bridgehead atoms. The molecular weight excluding hydrogens is 392 g/mol. The number of aromatic nitrogens is 1. The molecule has 1 aromatic heterocycles. The molecule has 154 valence electrons. The molecule has 1 aliphatic carbocycles. The Balaban J connectivity index is 1.42. The van der Waals surface area contributed by atoms with Crippen LogP contribution < -0.4 is 9.64 Å². The Morgan fingerprint density at radius 1 is 1.21 bits per heavy atom. The number of carbonyl (C=O) groups excluding carboxylic acids is 1. The van der Waals surface area contributed by atoms with Crippen LogP contribution in [0.5, 0.6) is 5.75 Å². The van der Waals surface area contributed by atoms with Crippen molar-refractivity contribution in [3.05, 3.63) is 52.7 Å². The lowest BCUT2D eigenvalue weighted by Gasteiger charge is -2.35. The molecule has 2 heterocycles. The van der Waals surface area contributed by atoms with E-state index >= 15 is 0 Å².